The molecule has 0 aliphatic carbocycles. The number of halogens is 1. The number of nitrogens with zero attached hydrogens (tertiary/aromatic N) is 1. The van der Waals surface area contributed by atoms with Crippen molar-refractivity contribution in [1.82, 2.24) is 9.88 Å². The SMILES string of the molecule is Cc1cc(C(=O)N2CCCCC[C@@H]2c2cccc(F)c2)c(=O)[nH]c1C. The molecule has 3 rings (SSSR count). The van der Waals surface area contributed by atoms with Gasteiger partial charge in [-0.15, -0.1) is 0 Å². The maximum atomic E-state index is 13.7. The Kier molecular flexibility index (Phi) is 5.02. The molecule has 1 aliphatic rings. The van der Waals surface area contributed by atoms with Gasteiger partial charge >= 0.3 is 0 Å². The van der Waals surface area contributed by atoms with Crippen LogP contribution in [0.15, 0.2) is 35.1 Å². The molecule has 4 nitrogen and oxygen atoms in total. The lowest BCUT2D eigenvalue weighted by Gasteiger charge is -2.30. The molecule has 0 saturated carbocycles. The standard InChI is InChI=1S/C20H23FN2O2/c1-13-11-17(19(24)22-14(13)2)20(25)23-10-5-3-4-9-18(23)15-7-6-8-16(21)12-15/h6-8,11-12,18H,3-5,9-10H2,1-2H3,(H,22,24)/t18-/m1/s1. The molecule has 0 spiro atoms. The van der Waals surface area contributed by atoms with E-state index < -0.39 is 0 Å². The number of carbonyl (C=O) groups excluding carboxylic acids is 1. The second-order valence-electron chi connectivity index (χ2n) is 6.74. The maximum absolute atomic E-state index is 13.7. The van der Waals surface area contributed by atoms with Crippen molar-refractivity contribution in [1.29, 1.82) is 0 Å². The van der Waals surface area contributed by atoms with Crippen LogP contribution < -0.4 is 5.56 Å². The van der Waals surface area contributed by atoms with Gasteiger partial charge in [0.15, 0.2) is 0 Å². The summed E-state index contributed by atoms with van der Waals surface area (Å²) in [6.45, 7) is 4.26. The number of hydrogen-bond acceptors (Lipinski definition) is 2. The molecule has 1 saturated heterocycles. The third-order valence-electron chi connectivity index (χ3n) is 4.98. The van der Waals surface area contributed by atoms with Crippen molar-refractivity contribution >= 4 is 5.91 Å². The van der Waals surface area contributed by atoms with E-state index >= 15 is 0 Å². The molecule has 2 aromatic rings. The highest BCUT2D eigenvalue weighted by molar-refractivity contribution is 5.94. The topological polar surface area (TPSA) is 53.2 Å². The molecule has 1 aromatic heterocycles. The van der Waals surface area contributed by atoms with Crippen LogP contribution in [0.1, 0.15) is 58.9 Å². The Morgan fingerprint density at radius 1 is 1.20 bits per heavy atom. The van der Waals surface area contributed by atoms with Crippen LogP contribution in [0.5, 0.6) is 0 Å². The number of likely N-dealkylation sites (tertiary alicyclic amines) is 1. The second-order valence-corrected chi connectivity index (χ2v) is 6.74. The Balaban J connectivity index is 2.00. The predicted octanol–water partition coefficient (Wildman–Crippen LogP) is 3.89. The average molecular weight is 342 g/mol. The molecule has 1 amide bonds. The lowest BCUT2D eigenvalue weighted by Crippen LogP contribution is -2.38. The lowest BCUT2D eigenvalue weighted by molar-refractivity contribution is 0.0678. The molecule has 1 fully saturated rings. The zero-order chi connectivity index (χ0) is 18.0. The van der Waals surface area contributed by atoms with E-state index in [2.05, 4.69) is 4.98 Å². The van der Waals surface area contributed by atoms with Gasteiger partial charge in [-0.25, -0.2) is 4.39 Å². The van der Waals surface area contributed by atoms with Gasteiger partial charge in [0.25, 0.3) is 11.5 Å². The highest BCUT2D eigenvalue weighted by atomic mass is 19.1. The van der Waals surface area contributed by atoms with Crippen LogP contribution in [0, 0.1) is 19.7 Å². The minimum absolute atomic E-state index is 0.159. The molecule has 0 bridgehead atoms. The van der Waals surface area contributed by atoms with Crippen molar-refractivity contribution in [3.8, 4) is 0 Å². The summed E-state index contributed by atoms with van der Waals surface area (Å²) in [5.41, 5.74) is 2.22. The number of benzene rings is 1. The Hall–Kier alpha value is -2.43. The summed E-state index contributed by atoms with van der Waals surface area (Å²) >= 11 is 0. The van der Waals surface area contributed by atoms with E-state index in [4.69, 9.17) is 0 Å². The molecule has 25 heavy (non-hydrogen) atoms. The molecule has 1 aromatic carbocycles. The third-order valence-corrected chi connectivity index (χ3v) is 4.98. The number of rotatable bonds is 2. The molecule has 5 heteroatoms. The maximum Gasteiger partial charge on any atom is 0.261 e. The first-order chi connectivity index (χ1) is 12.0. The fraction of sp³-hybridized carbons (Fsp3) is 0.400. The Morgan fingerprint density at radius 3 is 2.76 bits per heavy atom. The van der Waals surface area contributed by atoms with Gasteiger partial charge in [-0.3, -0.25) is 9.59 Å². The molecule has 132 valence electrons. The molecular formula is C20H23FN2O2. The fourth-order valence-corrected chi connectivity index (χ4v) is 3.45. The zero-order valence-electron chi connectivity index (χ0n) is 14.6. The Morgan fingerprint density at radius 2 is 2.00 bits per heavy atom. The average Bonchev–Trinajstić information content (AvgIpc) is 2.83. The van der Waals surface area contributed by atoms with Gasteiger partial charge in [-0.2, -0.15) is 0 Å². The molecule has 0 unspecified atom stereocenters. The normalized spacial score (nSPS) is 18.0. The number of pyridine rings is 1. The fourth-order valence-electron chi connectivity index (χ4n) is 3.45. The van der Waals surface area contributed by atoms with Crippen molar-refractivity contribution in [2.45, 2.75) is 45.6 Å². The first-order valence-electron chi connectivity index (χ1n) is 8.74. The molecule has 2 heterocycles. The van der Waals surface area contributed by atoms with E-state index in [1.54, 1.807) is 17.0 Å². The number of H-pyrrole nitrogens is 1. The van der Waals surface area contributed by atoms with Crippen molar-refractivity contribution in [2.24, 2.45) is 0 Å². The molecule has 1 N–H and O–H groups in total. The van der Waals surface area contributed by atoms with Crippen LogP contribution in [0.25, 0.3) is 0 Å². The van der Waals surface area contributed by atoms with Gasteiger partial charge in [0.05, 0.1) is 6.04 Å². The minimum Gasteiger partial charge on any atom is -0.331 e. The monoisotopic (exact) mass is 342 g/mol. The number of nitrogens with one attached hydrogen (secondary N) is 1. The Bertz CT molecular complexity index is 844. The number of aromatic nitrogens is 1. The number of hydrogen-bond donors (Lipinski definition) is 1. The quantitative estimate of drug-likeness (QED) is 0.900. The first-order valence-corrected chi connectivity index (χ1v) is 8.74. The molecular weight excluding hydrogens is 319 g/mol. The number of aryl methyl sites for hydroxylation is 2. The van der Waals surface area contributed by atoms with Crippen LogP contribution in [0.4, 0.5) is 4.39 Å². The molecule has 0 radical (unpaired) electrons. The van der Waals surface area contributed by atoms with Crippen molar-refractivity contribution < 1.29 is 9.18 Å². The summed E-state index contributed by atoms with van der Waals surface area (Å²) in [4.78, 5) is 29.9. The first kappa shape index (κ1) is 17.4. The summed E-state index contributed by atoms with van der Waals surface area (Å²) in [6, 6.07) is 7.86. The van der Waals surface area contributed by atoms with Crippen molar-refractivity contribution in [3.63, 3.8) is 0 Å². The van der Waals surface area contributed by atoms with Crippen LogP contribution in [-0.4, -0.2) is 22.3 Å². The van der Waals surface area contributed by atoms with Crippen molar-refractivity contribution in [3.05, 3.63) is 68.9 Å². The van der Waals surface area contributed by atoms with Gasteiger partial charge in [0.2, 0.25) is 0 Å². The highest BCUT2D eigenvalue weighted by Gasteiger charge is 2.29. The van der Waals surface area contributed by atoms with Gasteiger partial charge in [0.1, 0.15) is 11.4 Å². The number of aromatic amines is 1. The van der Waals surface area contributed by atoms with Gasteiger partial charge in [-0.1, -0.05) is 25.0 Å². The molecule has 1 atom stereocenters. The lowest BCUT2D eigenvalue weighted by atomic mass is 10.00. The van der Waals surface area contributed by atoms with E-state index in [0.717, 1.165) is 42.5 Å². The summed E-state index contributed by atoms with van der Waals surface area (Å²) in [6.07, 6.45) is 3.67. The summed E-state index contributed by atoms with van der Waals surface area (Å²) < 4.78 is 13.7. The smallest absolute Gasteiger partial charge is 0.261 e. The van der Waals surface area contributed by atoms with E-state index in [1.807, 2.05) is 19.9 Å². The summed E-state index contributed by atoms with van der Waals surface area (Å²) in [7, 11) is 0. The van der Waals surface area contributed by atoms with Gasteiger partial charge in [0, 0.05) is 12.2 Å². The third kappa shape index (κ3) is 3.65. The van der Waals surface area contributed by atoms with Crippen LogP contribution in [-0.2, 0) is 0 Å². The van der Waals surface area contributed by atoms with Crippen LogP contribution in [0.2, 0.25) is 0 Å². The predicted molar refractivity (Wildman–Crippen MR) is 95.2 cm³/mol. The van der Waals surface area contributed by atoms with E-state index in [1.165, 1.54) is 12.1 Å². The van der Waals surface area contributed by atoms with Crippen LogP contribution >= 0.6 is 0 Å². The van der Waals surface area contributed by atoms with Crippen LogP contribution in [0.3, 0.4) is 0 Å². The van der Waals surface area contributed by atoms with E-state index in [9.17, 15) is 14.0 Å². The number of amides is 1. The van der Waals surface area contributed by atoms with E-state index in [0.29, 0.717) is 6.54 Å². The second kappa shape index (κ2) is 7.21. The van der Waals surface area contributed by atoms with Gasteiger partial charge in [-0.05, 0) is 56.0 Å². The van der Waals surface area contributed by atoms with Gasteiger partial charge < -0.3 is 9.88 Å². The summed E-state index contributed by atoms with van der Waals surface area (Å²) in [5.74, 6) is -0.585. The minimum atomic E-state index is -0.365. The zero-order valence-corrected chi connectivity index (χ0v) is 14.6. The highest BCUT2D eigenvalue weighted by Crippen LogP contribution is 2.31. The Labute approximate surface area is 146 Å². The summed E-state index contributed by atoms with van der Waals surface area (Å²) in [5, 5.41) is 0. The number of carbonyl (C=O) groups is 1. The van der Waals surface area contributed by atoms with E-state index in [-0.39, 0.29) is 28.9 Å². The molecule has 1 aliphatic heterocycles. The largest absolute Gasteiger partial charge is 0.331 e. The van der Waals surface area contributed by atoms with Crippen molar-refractivity contribution in [2.75, 3.05) is 6.54 Å².